The molecule has 0 saturated heterocycles. The Kier molecular flexibility index (Phi) is 2.58. The van der Waals surface area contributed by atoms with Crippen molar-refractivity contribution < 1.29 is 14.3 Å². The Morgan fingerprint density at radius 1 is 1.44 bits per heavy atom. The van der Waals surface area contributed by atoms with Gasteiger partial charge in [0.15, 0.2) is 0 Å². The first-order chi connectivity index (χ1) is 7.44. The highest BCUT2D eigenvalue weighted by molar-refractivity contribution is 9.10. The molecule has 16 heavy (non-hydrogen) atoms. The molecule has 5 heteroatoms. The van der Waals surface area contributed by atoms with E-state index in [2.05, 4.69) is 21.2 Å². The standard InChI is InChI=1S/C11H12BrNO3/c1-11(2)7-4-6(12)5-8(15-3)9(7)13-10(14)16-11/h4-5H,1-3H3,(H,13,14). The molecule has 1 amide bonds. The van der Waals surface area contributed by atoms with E-state index in [1.165, 1.54) is 0 Å². The number of carbonyl (C=O) groups excluding carboxylic acids is 1. The van der Waals surface area contributed by atoms with Crippen LogP contribution in [0.1, 0.15) is 19.4 Å². The van der Waals surface area contributed by atoms with Gasteiger partial charge in [-0.25, -0.2) is 4.79 Å². The second kappa shape index (κ2) is 3.66. The molecule has 1 N–H and O–H groups in total. The molecule has 0 atom stereocenters. The minimum absolute atomic E-state index is 0.460. The molecule has 0 aromatic heterocycles. The summed E-state index contributed by atoms with van der Waals surface area (Å²) in [5.41, 5.74) is 0.902. The number of cyclic esters (lactones) is 1. The predicted molar refractivity (Wildman–Crippen MR) is 63.8 cm³/mol. The smallest absolute Gasteiger partial charge is 0.412 e. The zero-order chi connectivity index (χ0) is 11.9. The predicted octanol–water partition coefficient (Wildman–Crippen LogP) is 3.25. The van der Waals surface area contributed by atoms with E-state index >= 15 is 0 Å². The van der Waals surface area contributed by atoms with Crippen molar-refractivity contribution in [1.29, 1.82) is 0 Å². The number of carbonyl (C=O) groups is 1. The van der Waals surface area contributed by atoms with E-state index < -0.39 is 11.7 Å². The molecule has 1 aromatic carbocycles. The number of amides is 1. The topological polar surface area (TPSA) is 47.6 Å². The van der Waals surface area contributed by atoms with Crippen LogP contribution >= 0.6 is 15.9 Å². The minimum Gasteiger partial charge on any atom is -0.495 e. The summed E-state index contributed by atoms with van der Waals surface area (Å²) in [4.78, 5) is 11.4. The maximum Gasteiger partial charge on any atom is 0.412 e. The van der Waals surface area contributed by atoms with Crippen LogP contribution in [0.5, 0.6) is 5.75 Å². The fourth-order valence-corrected chi connectivity index (χ4v) is 2.20. The lowest BCUT2D eigenvalue weighted by molar-refractivity contribution is 0.0417. The zero-order valence-electron chi connectivity index (χ0n) is 9.26. The molecule has 1 aliphatic heterocycles. The molecule has 0 radical (unpaired) electrons. The molecule has 1 aromatic rings. The molecule has 0 aliphatic carbocycles. The summed E-state index contributed by atoms with van der Waals surface area (Å²) < 4.78 is 11.3. The zero-order valence-corrected chi connectivity index (χ0v) is 10.8. The van der Waals surface area contributed by atoms with Gasteiger partial charge in [-0.3, -0.25) is 5.32 Å². The average Bonchev–Trinajstić information content (AvgIpc) is 2.17. The second-order valence-electron chi connectivity index (χ2n) is 4.06. The van der Waals surface area contributed by atoms with Gasteiger partial charge in [0.2, 0.25) is 0 Å². The van der Waals surface area contributed by atoms with Gasteiger partial charge in [0, 0.05) is 10.0 Å². The van der Waals surface area contributed by atoms with E-state index in [0.29, 0.717) is 11.4 Å². The SMILES string of the molecule is COc1cc(Br)cc2c1NC(=O)OC2(C)C. The molecule has 86 valence electrons. The lowest BCUT2D eigenvalue weighted by Crippen LogP contribution is -2.34. The van der Waals surface area contributed by atoms with Crippen molar-refractivity contribution in [1.82, 2.24) is 0 Å². The summed E-state index contributed by atoms with van der Waals surface area (Å²) in [5, 5.41) is 2.66. The number of benzene rings is 1. The van der Waals surface area contributed by atoms with Crippen LogP contribution in [0, 0.1) is 0 Å². The van der Waals surface area contributed by atoms with E-state index in [-0.39, 0.29) is 0 Å². The number of halogens is 1. The summed E-state index contributed by atoms with van der Waals surface area (Å²) in [6, 6.07) is 3.72. The third-order valence-electron chi connectivity index (χ3n) is 2.51. The minimum atomic E-state index is -0.658. The summed E-state index contributed by atoms with van der Waals surface area (Å²) in [6.07, 6.45) is -0.460. The highest BCUT2D eigenvalue weighted by Crippen LogP contribution is 2.42. The summed E-state index contributed by atoms with van der Waals surface area (Å²) in [5.74, 6) is 0.620. The van der Waals surface area contributed by atoms with E-state index in [1.54, 1.807) is 13.2 Å². The molecule has 1 aliphatic rings. The number of methoxy groups -OCH3 is 1. The van der Waals surface area contributed by atoms with E-state index in [1.807, 2.05) is 19.9 Å². The van der Waals surface area contributed by atoms with Crippen LogP contribution < -0.4 is 10.1 Å². The second-order valence-corrected chi connectivity index (χ2v) is 4.97. The van der Waals surface area contributed by atoms with E-state index in [9.17, 15) is 4.79 Å². The molecule has 4 nitrogen and oxygen atoms in total. The van der Waals surface area contributed by atoms with Gasteiger partial charge in [-0.1, -0.05) is 15.9 Å². The Balaban J connectivity index is 2.66. The maximum atomic E-state index is 11.4. The quantitative estimate of drug-likeness (QED) is 0.862. The molecule has 0 unspecified atom stereocenters. The Bertz CT molecular complexity index is 457. The molecular weight excluding hydrogens is 274 g/mol. The highest BCUT2D eigenvalue weighted by Gasteiger charge is 2.35. The Hall–Kier alpha value is -1.23. The summed E-state index contributed by atoms with van der Waals surface area (Å²) >= 11 is 3.40. The van der Waals surface area contributed by atoms with Crippen molar-refractivity contribution in [2.75, 3.05) is 12.4 Å². The van der Waals surface area contributed by atoms with Crippen LogP contribution in [0.2, 0.25) is 0 Å². The normalized spacial score (nSPS) is 17.1. The number of nitrogens with one attached hydrogen (secondary N) is 1. The van der Waals surface area contributed by atoms with Gasteiger partial charge in [-0.05, 0) is 26.0 Å². The van der Waals surface area contributed by atoms with E-state index in [4.69, 9.17) is 9.47 Å². The monoisotopic (exact) mass is 285 g/mol. The van der Waals surface area contributed by atoms with Crippen molar-refractivity contribution in [2.24, 2.45) is 0 Å². The van der Waals surface area contributed by atoms with Gasteiger partial charge in [0.05, 0.1) is 12.8 Å². The molecule has 0 fully saturated rings. The first-order valence-electron chi connectivity index (χ1n) is 4.82. The van der Waals surface area contributed by atoms with E-state index in [0.717, 1.165) is 10.0 Å². The fraction of sp³-hybridized carbons (Fsp3) is 0.364. The Morgan fingerprint density at radius 2 is 2.12 bits per heavy atom. The van der Waals surface area contributed by atoms with Crippen LogP contribution in [0.3, 0.4) is 0 Å². The summed E-state index contributed by atoms with van der Waals surface area (Å²) in [6.45, 7) is 3.69. The summed E-state index contributed by atoms with van der Waals surface area (Å²) in [7, 11) is 1.57. The van der Waals surface area contributed by atoms with Gasteiger partial charge < -0.3 is 9.47 Å². The Labute approximate surface area is 102 Å². The molecule has 0 saturated carbocycles. The van der Waals surface area contributed by atoms with Crippen LogP contribution in [-0.2, 0) is 10.3 Å². The van der Waals surface area contributed by atoms with Gasteiger partial charge in [-0.2, -0.15) is 0 Å². The van der Waals surface area contributed by atoms with Crippen molar-refractivity contribution in [3.63, 3.8) is 0 Å². The first kappa shape index (κ1) is 11.3. The van der Waals surface area contributed by atoms with Gasteiger partial charge in [0.25, 0.3) is 0 Å². The van der Waals surface area contributed by atoms with Crippen molar-refractivity contribution in [3.8, 4) is 5.75 Å². The third kappa shape index (κ3) is 1.75. The van der Waals surface area contributed by atoms with Crippen LogP contribution in [0.15, 0.2) is 16.6 Å². The number of anilines is 1. The van der Waals surface area contributed by atoms with Gasteiger partial charge in [-0.15, -0.1) is 0 Å². The van der Waals surface area contributed by atoms with Gasteiger partial charge in [0.1, 0.15) is 11.4 Å². The molecule has 2 rings (SSSR count). The Morgan fingerprint density at radius 3 is 2.75 bits per heavy atom. The number of fused-ring (bicyclic) bond motifs is 1. The average molecular weight is 286 g/mol. The lowest BCUT2D eigenvalue weighted by atomic mass is 9.94. The molecule has 0 bridgehead atoms. The third-order valence-corrected chi connectivity index (χ3v) is 2.97. The molecule has 0 spiro atoms. The van der Waals surface area contributed by atoms with Crippen molar-refractivity contribution in [2.45, 2.75) is 19.4 Å². The first-order valence-corrected chi connectivity index (χ1v) is 5.61. The number of hydrogen-bond acceptors (Lipinski definition) is 3. The largest absolute Gasteiger partial charge is 0.495 e. The van der Waals surface area contributed by atoms with Crippen molar-refractivity contribution >= 4 is 27.7 Å². The maximum absolute atomic E-state index is 11.4. The molecule has 1 heterocycles. The fourth-order valence-electron chi connectivity index (χ4n) is 1.76. The number of hydrogen-bond donors (Lipinski definition) is 1. The van der Waals surface area contributed by atoms with Crippen LogP contribution in [0.25, 0.3) is 0 Å². The van der Waals surface area contributed by atoms with Gasteiger partial charge >= 0.3 is 6.09 Å². The number of rotatable bonds is 1. The lowest BCUT2D eigenvalue weighted by Gasteiger charge is -2.33. The molecular formula is C11H12BrNO3. The van der Waals surface area contributed by atoms with Crippen LogP contribution in [0.4, 0.5) is 10.5 Å². The highest BCUT2D eigenvalue weighted by atomic mass is 79.9. The number of ether oxygens (including phenoxy) is 2. The van der Waals surface area contributed by atoms with Crippen LogP contribution in [-0.4, -0.2) is 13.2 Å². The van der Waals surface area contributed by atoms with Crippen molar-refractivity contribution in [3.05, 3.63) is 22.2 Å².